The molecule has 5 nitrogen and oxygen atoms in total. The van der Waals surface area contributed by atoms with E-state index in [4.69, 9.17) is 0 Å². The summed E-state index contributed by atoms with van der Waals surface area (Å²) >= 11 is 0. The van der Waals surface area contributed by atoms with Crippen LogP contribution in [0.1, 0.15) is 53.4 Å². The van der Waals surface area contributed by atoms with E-state index in [1.807, 2.05) is 18.7 Å². The van der Waals surface area contributed by atoms with Crippen LogP contribution in [0.3, 0.4) is 0 Å². The third-order valence-electron chi connectivity index (χ3n) is 8.06. The van der Waals surface area contributed by atoms with Crippen molar-refractivity contribution in [1.82, 2.24) is 14.7 Å². The van der Waals surface area contributed by atoms with Crippen LogP contribution in [0.4, 0.5) is 0 Å². The van der Waals surface area contributed by atoms with E-state index in [0.717, 1.165) is 64.6 Å². The second-order valence-electron chi connectivity index (χ2n) is 10.7. The van der Waals surface area contributed by atoms with Crippen LogP contribution in [0.25, 0.3) is 0 Å². The van der Waals surface area contributed by atoms with E-state index >= 15 is 0 Å². The Kier molecular flexibility index (Phi) is 5.80. The van der Waals surface area contributed by atoms with Crippen molar-refractivity contribution in [2.45, 2.75) is 53.4 Å². The highest BCUT2D eigenvalue weighted by Crippen LogP contribution is 2.59. The zero-order valence-electron chi connectivity index (χ0n) is 18.8. The van der Waals surface area contributed by atoms with Gasteiger partial charge in [-0.3, -0.25) is 14.5 Å². The van der Waals surface area contributed by atoms with Crippen molar-refractivity contribution in [2.24, 2.45) is 29.1 Å². The molecule has 162 valence electrons. The Morgan fingerprint density at radius 1 is 1.17 bits per heavy atom. The Morgan fingerprint density at radius 3 is 2.41 bits per heavy atom. The summed E-state index contributed by atoms with van der Waals surface area (Å²) in [6.07, 6.45) is 7.07. The molecule has 5 rings (SSSR count). The first-order chi connectivity index (χ1) is 13.8. The van der Waals surface area contributed by atoms with Gasteiger partial charge in [-0.1, -0.05) is 39.3 Å². The van der Waals surface area contributed by atoms with Gasteiger partial charge in [0.05, 0.1) is 0 Å². The van der Waals surface area contributed by atoms with Crippen LogP contribution in [-0.4, -0.2) is 72.3 Å². The lowest BCUT2D eigenvalue weighted by molar-refractivity contribution is -0.135. The van der Waals surface area contributed by atoms with Crippen molar-refractivity contribution in [1.29, 1.82) is 0 Å². The number of fused-ring (bicyclic) bond motifs is 1. The monoisotopic (exact) mass is 401 g/mol. The van der Waals surface area contributed by atoms with Gasteiger partial charge in [-0.25, -0.2) is 0 Å². The molecule has 0 spiro atoms. The minimum atomic E-state index is 0.0364. The number of rotatable bonds is 7. The lowest BCUT2D eigenvalue weighted by Gasteiger charge is -2.57. The number of hydrogen-bond acceptors (Lipinski definition) is 3. The molecule has 2 unspecified atom stereocenters. The van der Waals surface area contributed by atoms with Gasteiger partial charge in [-0.2, -0.15) is 0 Å². The molecule has 0 aromatic heterocycles. The molecule has 29 heavy (non-hydrogen) atoms. The molecule has 2 saturated carbocycles. The summed E-state index contributed by atoms with van der Waals surface area (Å²) in [6.45, 7) is 14.9. The maximum Gasteiger partial charge on any atom is 0.225 e. The Balaban J connectivity index is 1.31. The van der Waals surface area contributed by atoms with E-state index in [1.165, 1.54) is 18.4 Å². The fraction of sp³-hybridized carbons (Fsp3) is 0.833. The molecule has 2 atom stereocenters. The van der Waals surface area contributed by atoms with Gasteiger partial charge in [0.1, 0.15) is 0 Å². The highest BCUT2D eigenvalue weighted by molar-refractivity contribution is 5.81. The minimum absolute atomic E-state index is 0.0364. The lowest BCUT2D eigenvalue weighted by atomic mass is 9.49. The Morgan fingerprint density at radius 2 is 1.86 bits per heavy atom. The van der Waals surface area contributed by atoms with Crippen LogP contribution >= 0.6 is 0 Å². The summed E-state index contributed by atoms with van der Waals surface area (Å²) in [5, 5.41) is 0. The van der Waals surface area contributed by atoms with Gasteiger partial charge in [0.25, 0.3) is 0 Å². The second kappa shape index (κ2) is 8.05. The molecule has 1 saturated heterocycles. The molecule has 2 amide bonds. The number of allylic oxidation sites excluding steroid dienone is 1. The maximum absolute atomic E-state index is 12.9. The van der Waals surface area contributed by atoms with Gasteiger partial charge in [0, 0.05) is 57.6 Å². The van der Waals surface area contributed by atoms with E-state index in [1.54, 1.807) is 0 Å². The first kappa shape index (κ1) is 20.9. The van der Waals surface area contributed by atoms with E-state index in [2.05, 4.69) is 29.7 Å². The van der Waals surface area contributed by atoms with Crippen molar-refractivity contribution in [3.63, 3.8) is 0 Å². The topological polar surface area (TPSA) is 43.9 Å². The molecular formula is C24H39N3O2. The standard InChI is InChI=1S/C24H39N3O2/c1-17(2)22(28)27(16-19-7-8-20-15-21(19)24(20,3)4)14-11-25-9-12-26(13-10-25)23(29)18-5-6-18/h7,17-18,20-21H,5-6,8-16H2,1-4H3. The molecule has 0 aromatic carbocycles. The summed E-state index contributed by atoms with van der Waals surface area (Å²) in [5.74, 6) is 2.48. The molecule has 1 heterocycles. The summed E-state index contributed by atoms with van der Waals surface area (Å²) < 4.78 is 0. The van der Waals surface area contributed by atoms with Gasteiger partial charge < -0.3 is 9.80 Å². The largest absolute Gasteiger partial charge is 0.340 e. The van der Waals surface area contributed by atoms with E-state index in [9.17, 15) is 9.59 Å². The third kappa shape index (κ3) is 4.26. The second-order valence-corrected chi connectivity index (χ2v) is 10.7. The molecule has 1 aliphatic heterocycles. The smallest absolute Gasteiger partial charge is 0.225 e. The molecule has 4 aliphatic carbocycles. The zero-order valence-corrected chi connectivity index (χ0v) is 18.8. The van der Waals surface area contributed by atoms with Crippen molar-refractivity contribution in [2.75, 3.05) is 45.8 Å². The summed E-state index contributed by atoms with van der Waals surface area (Å²) in [7, 11) is 0. The minimum Gasteiger partial charge on any atom is -0.340 e. The molecule has 0 aromatic rings. The maximum atomic E-state index is 12.9. The van der Waals surface area contributed by atoms with Crippen LogP contribution in [0.5, 0.6) is 0 Å². The average Bonchev–Trinajstić information content (AvgIpc) is 3.55. The summed E-state index contributed by atoms with van der Waals surface area (Å²) in [4.78, 5) is 31.8. The molecule has 5 aliphatic rings. The van der Waals surface area contributed by atoms with Crippen LogP contribution in [0.15, 0.2) is 11.6 Å². The van der Waals surface area contributed by atoms with Gasteiger partial charge >= 0.3 is 0 Å². The molecular weight excluding hydrogens is 362 g/mol. The number of carbonyl (C=O) groups excluding carboxylic acids is 2. The van der Waals surface area contributed by atoms with Crippen molar-refractivity contribution in [3.05, 3.63) is 11.6 Å². The Hall–Kier alpha value is -1.36. The highest BCUT2D eigenvalue weighted by atomic mass is 16.2. The lowest BCUT2D eigenvalue weighted by Crippen LogP contribution is -2.52. The number of amides is 2. The Bertz CT molecular complexity index is 672. The molecule has 0 radical (unpaired) electrons. The van der Waals surface area contributed by atoms with Gasteiger partial charge in [0.2, 0.25) is 11.8 Å². The third-order valence-corrected chi connectivity index (χ3v) is 8.06. The van der Waals surface area contributed by atoms with Crippen LogP contribution < -0.4 is 0 Å². The van der Waals surface area contributed by atoms with Gasteiger partial charge in [0.15, 0.2) is 0 Å². The van der Waals surface area contributed by atoms with Crippen LogP contribution in [0, 0.1) is 29.1 Å². The fourth-order valence-electron chi connectivity index (χ4n) is 5.55. The van der Waals surface area contributed by atoms with Crippen molar-refractivity contribution >= 4 is 11.8 Å². The summed E-state index contributed by atoms with van der Waals surface area (Å²) in [5.41, 5.74) is 1.90. The molecule has 0 N–H and O–H groups in total. The number of nitrogens with zero attached hydrogens (tertiary/aromatic N) is 3. The highest BCUT2D eigenvalue weighted by Gasteiger charge is 2.51. The zero-order chi connectivity index (χ0) is 20.8. The average molecular weight is 402 g/mol. The molecule has 3 fully saturated rings. The number of hydrogen-bond donors (Lipinski definition) is 0. The van der Waals surface area contributed by atoms with E-state index < -0.39 is 0 Å². The first-order valence-corrected chi connectivity index (χ1v) is 11.8. The number of carbonyl (C=O) groups is 2. The van der Waals surface area contributed by atoms with E-state index in [0.29, 0.717) is 23.2 Å². The predicted molar refractivity (Wildman–Crippen MR) is 115 cm³/mol. The van der Waals surface area contributed by atoms with Crippen molar-refractivity contribution in [3.8, 4) is 0 Å². The predicted octanol–water partition coefficient (Wildman–Crippen LogP) is 3.02. The molecule has 5 heteroatoms. The van der Waals surface area contributed by atoms with Crippen LogP contribution in [-0.2, 0) is 9.59 Å². The summed E-state index contributed by atoms with van der Waals surface area (Å²) in [6, 6.07) is 0. The van der Waals surface area contributed by atoms with Gasteiger partial charge in [-0.05, 0) is 42.9 Å². The van der Waals surface area contributed by atoms with Crippen molar-refractivity contribution < 1.29 is 9.59 Å². The SMILES string of the molecule is CC(C)C(=O)N(CCN1CCN(C(=O)C2CC2)CC1)CC1=CCC2CC1C2(C)C. The Labute approximate surface area is 176 Å². The quantitative estimate of drug-likeness (QED) is 0.616. The van der Waals surface area contributed by atoms with Crippen LogP contribution in [0.2, 0.25) is 0 Å². The fourth-order valence-corrected chi connectivity index (χ4v) is 5.55. The molecule has 2 bridgehead atoms. The number of piperazine rings is 1. The van der Waals surface area contributed by atoms with E-state index in [-0.39, 0.29) is 11.8 Å². The normalized spacial score (nSPS) is 28.7. The first-order valence-electron chi connectivity index (χ1n) is 11.8. The van der Waals surface area contributed by atoms with Gasteiger partial charge in [-0.15, -0.1) is 0 Å².